The smallest absolute Gasteiger partial charge is 0.407 e. The molecular weight excluding hydrogens is 342 g/mol. The quantitative estimate of drug-likeness (QED) is 0.483. The summed E-state index contributed by atoms with van der Waals surface area (Å²) in [5.74, 6) is -0.111. The second-order valence-electron chi connectivity index (χ2n) is 6.01. The third-order valence-corrected chi connectivity index (χ3v) is 3.32. The number of rotatable bonds is 10. The summed E-state index contributed by atoms with van der Waals surface area (Å²) < 4.78 is 10.1. The lowest BCUT2D eigenvalue weighted by Crippen LogP contribution is -2.45. The van der Waals surface area contributed by atoms with Crippen molar-refractivity contribution in [2.45, 2.75) is 33.2 Å². The number of alkyl carbamates (subject to hydrolysis) is 1. The maximum atomic E-state index is 11.9. The highest BCUT2D eigenvalue weighted by atomic mass is 16.6. The zero-order valence-electron chi connectivity index (χ0n) is 15.2. The number of hydrogen-bond acceptors (Lipinski definition) is 6. The van der Waals surface area contributed by atoms with E-state index >= 15 is 0 Å². The highest BCUT2D eigenvalue weighted by Crippen LogP contribution is 2.25. The van der Waals surface area contributed by atoms with Crippen LogP contribution in [0.25, 0.3) is 0 Å². The number of ether oxygens (including phenoxy) is 2. The van der Waals surface area contributed by atoms with Gasteiger partial charge in [0, 0.05) is 18.7 Å². The summed E-state index contributed by atoms with van der Waals surface area (Å²) >= 11 is 0. The fourth-order valence-electron chi connectivity index (χ4n) is 2.26. The first-order valence-electron chi connectivity index (χ1n) is 8.39. The molecule has 0 saturated carbocycles. The molecule has 0 saturated heterocycles. The molecule has 1 aromatic rings. The standard InChI is InChI=1S/C17H25N3O6/c1-4-25-17(22)19-13(9-12(2)3)10-18-16(21)11-26-15-8-6-5-7-14(15)20(23)24/h5-8,12-13H,4,9-11H2,1-3H3,(H,18,21)(H,19,22). The van der Waals surface area contributed by atoms with E-state index < -0.39 is 16.9 Å². The van der Waals surface area contributed by atoms with Crippen molar-refractivity contribution in [3.63, 3.8) is 0 Å². The topological polar surface area (TPSA) is 120 Å². The van der Waals surface area contributed by atoms with Gasteiger partial charge in [0.15, 0.2) is 12.4 Å². The fourth-order valence-corrected chi connectivity index (χ4v) is 2.26. The average Bonchev–Trinajstić information content (AvgIpc) is 2.57. The molecule has 1 atom stereocenters. The zero-order chi connectivity index (χ0) is 19.5. The van der Waals surface area contributed by atoms with Gasteiger partial charge in [-0.15, -0.1) is 0 Å². The van der Waals surface area contributed by atoms with Gasteiger partial charge in [0.1, 0.15) is 0 Å². The first-order chi connectivity index (χ1) is 12.3. The molecule has 1 unspecified atom stereocenters. The van der Waals surface area contributed by atoms with Crippen LogP contribution < -0.4 is 15.4 Å². The lowest BCUT2D eigenvalue weighted by atomic mass is 10.0. The lowest BCUT2D eigenvalue weighted by Gasteiger charge is -2.20. The van der Waals surface area contributed by atoms with Crippen molar-refractivity contribution in [1.82, 2.24) is 10.6 Å². The van der Waals surface area contributed by atoms with E-state index in [9.17, 15) is 19.7 Å². The van der Waals surface area contributed by atoms with Crippen LogP contribution in [0.3, 0.4) is 0 Å². The molecule has 9 heteroatoms. The molecule has 0 heterocycles. The number of hydrogen-bond donors (Lipinski definition) is 2. The summed E-state index contributed by atoms with van der Waals surface area (Å²) in [5, 5.41) is 16.3. The van der Waals surface area contributed by atoms with E-state index in [4.69, 9.17) is 9.47 Å². The Morgan fingerprint density at radius 2 is 1.96 bits per heavy atom. The van der Waals surface area contributed by atoms with Crippen molar-refractivity contribution >= 4 is 17.7 Å². The van der Waals surface area contributed by atoms with Crippen molar-refractivity contribution in [3.8, 4) is 5.75 Å². The number of nitrogens with one attached hydrogen (secondary N) is 2. The van der Waals surface area contributed by atoms with Crippen molar-refractivity contribution in [1.29, 1.82) is 0 Å². The van der Waals surface area contributed by atoms with Crippen molar-refractivity contribution in [2.75, 3.05) is 19.8 Å². The van der Waals surface area contributed by atoms with E-state index in [1.54, 1.807) is 13.0 Å². The van der Waals surface area contributed by atoms with Gasteiger partial charge in [-0.05, 0) is 25.3 Å². The van der Waals surface area contributed by atoms with Crippen LogP contribution in [0.5, 0.6) is 5.75 Å². The van der Waals surface area contributed by atoms with Gasteiger partial charge in [-0.2, -0.15) is 0 Å². The van der Waals surface area contributed by atoms with Crippen molar-refractivity contribution in [3.05, 3.63) is 34.4 Å². The number of carbonyl (C=O) groups is 2. The predicted molar refractivity (Wildman–Crippen MR) is 95.0 cm³/mol. The largest absolute Gasteiger partial charge is 0.477 e. The third kappa shape index (κ3) is 7.82. The van der Waals surface area contributed by atoms with Gasteiger partial charge in [-0.1, -0.05) is 26.0 Å². The van der Waals surface area contributed by atoms with Crippen LogP contribution in [-0.4, -0.2) is 42.7 Å². The van der Waals surface area contributed by atoms with Gasteiger partial charge < -0.3 is 20.1 Å². The van der Waals surface area contributed by atoms with Crippen LogP contribution in [0.4, 0.5) is 10.5 Å². The number of carbonyl (C=O) groups excluding carboxylic acids is 2. The molecule has 0 aromatic heterocycles. The van der Waals surface area contributed by atoms with E-state index in [0.717, 1.165) is 0 Å². The number of benzene rings is 1. The Morgan fingerprint density at radius 3 is 2.58 bits per heavy atom. The Bertz CT molecular complexity index is 620. The van der Waals surface area contributed by atoms with Crippen LogP contribution in [0, 0.1) is 16.0 Å². The van der Waals surface area contributed by atoms with E-state index in [2.05, 4.69) is 10.6 Å². The predicted octanol–water partition coefficient (Wildman–Crippen LogP) is 2.25. The van der Waals surface area contributed by atoms with Crippen LogP contribution in [0.1, 0.15) is 27.2 Å². The summed E-state index contributed by atoms with van der Waals surface area (Å²) in [6.07, 6.45) is 0.118. The third-order valence-electron chi connectivity index (χ3n) is 3.32. The van der Waals surface area contributed by atoms with Gasteiger partial charge in [-0.3, -0.25) is 14.9 Å². The molecule has 0 radical (unpaired) electrons. The molecular formula is C17H25N3O6. The molecule has 1 rings (SSSR count). The average molecular weight is 367 g/mol. The minimum absolute atomic E-state index is 0.0241. The van der Waals surface area contributed by atoms with E-state index in [1.165, 1.54) is 18.2 Å². The molecule has 1 aromatic carbocycles. The summed E-state index contributed by atoms with van der Waals surface area (Å²) in [7, 11) is 0. The van der Waals surface area contributed by atoms with E-state index in [1.807, 2.05) is 13.8 Å². The Morgan fingerprint density at radius 1 is 1.27 bits per heavy atom. The maximum Gasteiger partial charge on any atom is 0.407 e. The molecule has 9 nitrogen and oxygen atoms in total. The van der Waals surface area contributed by atoms with Crippen LogP contribution >= 0.6 is 0 Å². The normalized spacial score (nSPS) is 11.5. The molecule has 144 valence electrons. The van der Waals surface area contributed by atoms with Crippen LogP contribution in [-0.2, 0) is 9.53 Å². The Labute approximate surface area is 152 Å². The maximum absolute atomic E-state index is 11.9. The van der Waals surface area contributed by atoms with Crippen LogP contribution in [0.15, 0.2) is 24.3 Å². The molecule has 0 bridgehead atoms. The molecule has 0 aliphatic heterocycles. The molecule has 26 heavy (non-hydrogen) atoms. The molecule has 2 amide bonds. The van der Waals surface area contributed by atoms with E-state index in [0.29, 0.717) is 12.3 Å². The number of nitro groups is 1. The monoisotopic (exact) mass is 367 g/mol. The van der Waals surface area contributed by atoms with Gasteiger partial charge in [0.05, 0.1) is 11.5 Å². The Hall–Kier alpha value is -2.84. The van der Waals surface area contributed by atoms with Crippen LogP contribution in [0.2, 0.25) is 0 Å². The summed E-state index contributed by atoms with van der Waals surface area (Å²) in [5.41, 5.74) is -0.207. The molecule has 2 N–H and O–H groups in total. The second kappa shape index (κ2) is 10.9. The Balaban J connectivity index is 2.52. The molecule has 0 aliphatic rings. The van der Waals surface area contributed by atoms with E-state index in [-0.39, 0.29) is 37.2 Å². The Kier molecular flexibility index (Phi) is 8.90. The first kappa shape index (κ1) is 21.2. The number of para-hydroxylation sites is 2. The summed E-state index contributed by atoms with van der Waals surface area (Å²) in [6, 6.07) is 5.54. The molecule has 0 fully saturated rings. The zero-order valence-corrected chi connectivity index (χ0v) is 15.2. The van der Waals surface area contributed by atoms with Gasteiger partial charge in [-0.25, -0.2) is 4.79 Å². The van der Waals surface area contributed by atoms with Gasteiger partial charge >= 0.3 is 11.8 Å². The van der Waals surface area contributed by atoms with Gasteiger partial charge in [0.25, 0.3) is 5.91 Å². The molecule has 0 spiro atoms. The van der Waals surface area contributed by atoms with Crippen molar-refractivity contribution in [2.24, 2.45) is 5.92 Å². The molecule has 0 aliphatic carbocycles. The highest BCUT2D eigenvalue weighted by Gasteiger charge is 2.17. The fraction of sp³-hybridized carbons (Fsp3) is 0.529. The van der Waals surface area contributed by atoms with Gasteiger partial charge in [0.2, 0.25) is 0 Å². The SMILES string of the molecule is CCOC(=O)NC(CNC(=O)COc1ccccc1[N+](=O)[O-])CC(C)C. The number of nitro benzene ring substituents is 1. The first-order valence-corrected chi connectivity index (χ1v) is 8.39. The van der Waals surface area contributed by atoms with Crippen molar-refractivity contribution < 1.29 is 24.0 Å². The summed E-state index contributed by atoms with van der Waals surface area (Å²) in [6.45, 7) is 5.81. The lowest BCUT2D eigenvalue weighted by molar-refractivity contribution is -0.385. The highest BCUT2D eigenvalue weighted by molar-refractivity contribution is 5.77. The number of amides is 2. The summed E-state index contributed by atoms with van der Waals surface area (Å²) in [4.78, 5) is 33.8. The minimum Gasteiger partial charge on any atom is -0.477 e. The minimum atomic E-state index is -0.574. The number of nitrogens with zero attached hydrogens (tertiary/aromatic N) is 1. The second-order valence-corrected chi connectivity index (χ2v) is 6.01.